The van der Waals surface area contributed by atoms with Crippen LogP contribution in [0.4, 0.5) is 0 Å². The molecule has 2 N–H and O–H groups in total. The summed E-state index contributed by atoms with van der Waals surface area (Å²) in [6.45, 7) is 5.59. The molecule has 0 aromatic heterocycles. The monoisotopic (exact) mass is 346 g/mol. The Labute approximate surface area is 117 Å². The fraction of sp³-hybridized carbons (Fsp3) is 0.462. The molecule has 3 nitrogen and oxygen atoms in total. The van der Waals surface area contributed by atoms with Gasteiger partial charge >= 0.3 is 0 Å². The maximum absolute atomic E-state index is 12.0. The molecule has 0 atom stereocenters. The number of amides is 1. The smallest absolute Gasteiger partial charge is 0.225 e. The summed E-state index contributed by atoms with van der Waals surface area (Å²) in [5.41, 5.74) is 6.70. The maximum atomic E-state index is 12.0. The Kier molecular flexibility index (Phi) is 5.91. The third-order valence-electron chi connectivity index (χ3n) is 2.49. The highest BCUT2D eigenvalue weighted by atomic mass is 127. The third-order valence-corrected chi connectivity index (χ3v) is 3.21. The highest BCUT2D eigenvalue weighted by molar-refractivity contribution is 14.1. The lowest BCUT2D eigenvalue weighted by Crippen LogP contribution is -2.37. The second-order valence-corrected chi connectivity index (χ2v) is 5.58. The number of benzene rings is 1. The lowest BCUT2D eigenvalue weighted by Gasteiger charge is -2.24. The molecular weight excluding hydrogens is 327 g/mol. The number of halogens is 1. The summed E-state index contributed by atoms with van der Waals surface area (Å²) in [5, 5.41) is 0. The van der Waals surface area contributed by atoms with Crippen LogP contribution >= 0.6 is 22.6 Å². The predicted octanol–water partition coefficient (Wildman–Crippen LogP) is 2.23. The van der Waals surface area contributed by atoms with Gasteiger partial charge in [-0.1, -0.05) is 26.0 Å². The number of rotatable bonds is 5. The Balaban J connectivity index is 2.72. The Morgan fingerprint density at radius 2 is 1.94 bits per heavy atom. The van der Waals surface area contributed by atoms with Gasteiger partial charge in [0.2, 0.25) is 5.91 Å². The fourth-order valence-electron chi connectivity index (χ4n) is 1.60. The lowest BCUT2D eigenvalue weighted by molar-refractivity contribution is -0.134. The Morgan fingerprint density at radius 3 is 2.41 bits per heavy atom. The van der Waals surface area contributed by atoms with E-state index in [9.17, 15) is 4.79 Å². The molecule has 1 rings (SSSR count). The average Bonchev–Trinajstić information content (AvgIpc) is 2.30. The minimum absolute atomic E-state index is 0.0189. The van der Waals surface area contributed by atoms with Crippen LogP contribution in [0.1, 0.15) is 19.4 Å². The van der Waals surface area contributed by atoms with Crippen molar-refractivity contribution in [2.75, 3.05) is 13.1 Å². The van der Waals surface area contributed by atoms with Crippen LogP contribution in [0.5, 0.6) is 0 Å². The Bertz CT molecular complexity index is 362. The van der Waals surface area contributed by atoms with Crippen molar-refractivity contribution >= 4 is 28.5 Å². The highest BCUT2D eigenvalue weighted by Crippen LogP contribution is 2.11. The van der Waals surface area contributed by atoms with Gasteiger partial charge in [-0.15, -0.1) is 0 Å². The van der Waals surface area contributed by atoms with Gasteiger partial charge < -0.3 is 10.6 Å². The van der Waals surface area contributed by atoms with E-state index in [1.54, 1.807) is 0 Å². The number of nitrogens with zero attached hydrogens (tertiary/aromatic N) is 1. The second-order valence-electron chi connectivity index (χ2n) is 4.33. The molecule has 0 aliphatic rings. The third kappa shape index (κ3) is 4.63. The number of hydrogen-bond acceptors (Lipinski definition) is 2. The van der Waals surface area contributed by atoms with Gasteiger partial charge in [-0.05, 0) is 40.3 Å². The minimum Gasteiger partial charge on any atom is -0.337 e. The summed E-state index contributed by atoms with van der Waals surface area (Å²) in [7, 11) is 0. The predicted molar refractivity (Wildman–Crippen MR) is 78.5 cm³/mol. The SMILES string of the molecule is CC(C)C(=O)N(CCN)Cc1ccc(I)cc1. The summed E-state index contributed by atoms with van der Waals surface area (Å²) >= 11 is 2.27. The van der Waals surface area contributed by atoms with Crippen molar-refractivity contribution in [3.8, 4) is 0 Å². The van der Waals surface area contributed by atoms with Crippen LogP contribution in [0, 0.1) is 9.49 Å². The molecule has 17 heavy (non-hydrogen) atoms. The molecule has 0 saturated carbocycles. The van der Waals surface area contributed by atoms with E-state index in [-0.39, 0.29) is 11.8 Å². The number of carbonyl (C=O) groups is 1. The van der Waals surface area contributed by atoms with E-state index < -0.39 is 0 Å². The average molecular weight is 346 g/mol. The molecule has 94 valence electrons. The standard InChI is InChI=1S/C13H19IN2O/c1-10(2)13(17)16(8-7-15)9-11-3-5-12(14)6-4-11/h3-6,10H,7-9,15H2,1-2H3. The van der Waals surface area contributed by atoms with Gasteiger partial charge in [0.25, 0.3) is 0 Å². The first kappa shape index (κ1) is 14.4. The second kappa shape index (κ2) is 6.96. The summed E-state index contributed by atoms with van der Waals surface area (Å²) < 4.78 is 1.20. The molecule has 1 amide bonds. The normalized spacial score (nSPS) is 10.6. The summed E-state index contributed by atoms with van der Waals surface area (Å²) in [5.74, 6) is 0.180. The molecule has 0 fully saturated rings. The molecule has 0 spiro atoms. The molecule has 1 aromatic carbocycles. The molecule has 4 heteroatoms. The van der Waals surface area contributed by atoms with E-state index in [0.29, 0.717) is 19.6 Å². The molecule has 0 bridgehead atoms. The molecule has 0 aliphatic carbocycles. The molecule has 0 aliphatic heterocycles. The van der Waals surface area contributed by atoms with E-state index in [4.69, 9.17) is 5.73 Å². The highest BCUT2D eigenvalue weighted by Gasteiger charge is 2.16. The van der Waals surface area contributed by atoms with Crippen LogP contribution in [-0.4, -0.2) is 23.9 Å². The Morgan fingerprint density at radius 1 is 1.35 bits per heavy atom. The van der Waals surface area contributed by atoms with Crippen molar-refractivity contribution in [3.63, 3.8) is 0 Å². The van der Waals surface area contributed by atoms with E-state index >= 15 is 0 Å². The van der Waals surface area contributed by atoms with Gasteiger partial charge in [-0.3, -0.25) is 4.79 Å². The first-order valence-electron chi connectivity index (χ1n) is 5.78. The van der Waals surface area contributed by atoms with E-state index in [0.717, 1.165) is 5.56 Å². The molecular formula is C13H19IN2O. The quantitative estimate of drug-likeness (QED) is 0.832. The van der Waals surface area contributed by atoms with Crippen molar-refractivity contribution in [1.29, 1.82) is 0 Å². The largest absolute Gasteiger partial charge is 0.337 e. The van der Waals surface area contributed by atoms with Crippen molar-refractivity contribution in [1.82, 2.24) is 4.90 Å². The topological polar surface area (TPSA) is 46.3 Å². The zero-order valence-electron chi connectivity index (χ0n) is 10.3. The van der Waals surface area contributed by atoms with Crippen molar-refractivity contribution < 1.29 is 4.79 Å². The van der Waals surface area contributed by atoms with Gasteiger partial charge in [0.1, 0.15) is 0 Å². The summed E-state index contributed by atoms with van der Waals surface area (Å²) in [6.07, 6.45) is 0. The van der Waals surface area contributed by atoms with Crippen LogP contribution in [0.2, 0.25) is 0 Å². The van der Waals surface area contributed by atoms with Gasteiger partial charge in [0.15, 0.2) is 0 Å². The molecule has 0 saturated heterocycles. The molecule has 0 radical (unpaired) electrons. The van der Waals surface area contributed by atoms with Crippen molar-refractivity contribution in [2.45, 2.75) is 20.4 Å². The zero-order valence-corrected chi connectivity index (χ0v) is 12.5. The van der Waals surface area contributed by atoms with E-state index in [2.05, 4.69) is 46.9 Å². The van der Waals surface area contributed by atoms with Gasteiger partial charge in [0, 0.05) is 29.1 Å². The number of carbonyl (C=O) groups excluding carboxylic acids is 1. The van der Waals surface area contributed by atoms with Gasteiger partial charge in [-0.25, -0.2) is 0 Å². The summed E-state index contributed by atoms with van der Waals surface area (Å²) in [4.78, 5) is 13.8. The van der Waals surface area contributed by atoms with Gasteiger partial charge in [-0.2, -0.15) is 0 Å². The lowest BCUT2D eigenvalue weighted by atomic mass is 10.1. The fourth-order valence-corrected chi connectivity index (χ4v) is 1.96. The van der Waals surface area contributed by atoms with Crippen molar-refractivity contribution in [3.05, 3.63) is 33.4 Å². The molecule has 1 aromatic rings. The molecule has 0 unspecified atom stereocenters. The number of nitrogens with two attached hydrogens (primary N) is 1. The van der Waals surface area contributed by atoms with Crippen LogP contribution in [0.15, 0.2) is 24.3 Å². The van der Waals surface area contributed by atoms with E-state index in [1.807, 2.05) is 18.7 Å². The van der Waals surface area contributed by atoms with Crippen molar-refractivity contribution in [2.24, 2.45) is 11.7 Å². The maximum Gasteiger partial charge on any atom is 0.225 e. The van der Waals surface area contributed by atoms with Crippen LogP contribution < -0.4 is 5.73 Å². The van der Waals surface area contributed by atoms with Crippen LogP contribution in [0.3, 0.4) is 0 Å². The van der Waals surface area contributed by atoms with Crippen LogP contribution in [0.25, 0.3) is 0 Å². The zero-order chi connectivity index (χ0) is 12.8. The summed E-state index contributed by atoms with van der Waals surface area (Å²) in [6, 6.07) is 8.21. The first-order valence-corrected chi connectivity index (χ1v) is 6.85. The number of hydrogen-bond donors (Lipinski definition) is 1. The van der Waals surface area contributed by atoms with Crippen LogP contribution in [-0.2, 0) is 11.3 Å². The van der Waals surface area contributed by atoms with Gasteiger partial charge in [0.05, 0.1) is 0 Å². The molecule has 0 heterocycles. The Hall–Kier alpha value is -0.620. The van der Waals surface area contributed by atoms with E-state index in [1.165, 1.54) is 3.57 Å². The minimum atomic E-state index is 0.0189. The first-order chi connectivity index (χ1) is 8.04.